The first-order valence-corrected chi connectivity index (χ1v) is 11.9. The van der Waals surface area contributed by atoms with Crippen molar-refractivity contribution in [2.24, 2.45) is 0 Å². The molecule has 2 heterocycles. The lowest BCUT2D eigenvalue weighted by atomic mass is 9.87. The standard InChI is InChI=1S/C28H29N7O2/c1-28(2,3)17-10-13-23(37-5)21(14-17)34-27(36)33-20-11-12-22(19-9-7-6-8-18(19)20)35-16-32-24-25(29-4)30-15-31-26(24)35/h6-16H,1-5H3,(H,29,30,31)(H2,33,34,36). The van der Waals surface area contributed by atoms with Crippen molar-refractivity contribution in [2.45, 2.75) is 26.2 Å². The Hall–Kier alpha value is -4.66. The zero-order valence-electron chi connectivity index (χ0n) is 21.5. The number of imidazole rings is 1. The molecule has 0 aliphatic heterocycles. The molecule has 0 unspecified atom stereocenters. The Morgan fingerprint density at radius 2 is 1.68 bits per heavy atom. The molecule has 5 aromatic rings. The van der Waals surface area contributed by atoms with E-state index >= 15 is 0 Å². The molecule has 0 aliphatic carbocycles. The number of rotatable bonds is 5. The molecule has 0 fully saturated rings. The van der Waals surface area contributed by atoms with Gasteiger partial charge in [-0.05, 0) is 35.2 Å². The van der Waals surface area contributed by atoms with E-state index in [4.69, 9.17) is 4.74 Å². The van der Waals surface area contributed by atoms with Gasteiger partial charge in [0.25, 0.3) is 0 Å². The molecule has 9 nitrogen and oxygen atoms in total. The summed E-state index contributed by atoms with van der Waals surface area (Å²) in [7, 11) is 3.39. The average Bonchev–Trinajstić information content (AvgIpc) is 3.32. The molecule has 3 N–H and O–H groups in total. The topological polar surface area (TPSA) is 106 Å². The summed E-state index contributed by atoms with van der Waals surface area (Å²) in [6.45, 7) is 6.38. The molecule has 0 aliphatic rings. The van der Waals surface area contributed by atoms with Crippen LogP contribution in [0.25, 0.3) is 27.6 Å². The van der Waals surface area contributed by atoms with Crippen LogP contribution in [0, 0.1) is 0 Å². The number of ether oxygens (including phenoxy) is 1. The van der Waals surface area contributed by atoms with Gasteiger partial charge in [-0.25, -0.2) is 19.7 Å². The molecule has 5 rings (SSSR count). The number of anilines is 3. The van der Waals surface area contributed by atoms with Gasteiger partial charge in [-0.15, -0.1) is 0 Å². The van der Waals surface area contributed by atoms with Crippen LogP contribution in [0.1, 0.15) is 26.3 Å². The molecule has 3 aromatic carbocycles. The van der Waals surface area contributed by atoms with E-state index in [-0.39, 0.29) is 11.4 Å². The first-order chi connectivity index (χ1) is 17.8. The maximum Gasteiger partial charge on any atom is 0.323 e. The minimum absolute atomic E-state index is 0.0679. The highest BCUT2D eigenvalue weighted by Crippen LogP contribution is 2.33. The second kappa shape index (κ2) is 9.42. The van der Waals surface area contributed by atoms with Crippen LogP contribution in [-0.4, -0.2) is 39.7 Å². The summed E-state index contributed by atoms with van der Waals surface area (Å²) in [4.78, 5) is 26.3. The van der Waals surface area contributed by atoms with E-state index in [2.05, 4.69) is 51.7 Å². The van der Waals surface area contributed by atoms with Gasteiger partial charge in [0.2, 0.25) is 0 Å². The number of carbonyl (C=O) groups is 1. The number of carbonyl (C=O) groups excluding carboxylic acids is 1. The zero-order chi connectivity index (χ0) is 26.2. The highest BCUT2D eigenvalue weighted by molar-refractivity contribution is 6.08. The van der Waals surface area contributed by atoms with Crippen LogP contribution in [0.4, 0.5) is 22.0 Å². The molecule has 9 heteroatoms. The number of nitrogens with zero attached hydrogens (tertiary/aromatic N) is 4. The lowest BCUT2D eigenvalue weighted by molar-refractivity contribution is 0.262. The Morgan fingerprint density at radius 3 is 2.41 bits per heavy atom. The van der Waals surface area contributed by atoms with Gasteiger partial charge in [-0.3, -0.25) is 4.57 Å². The van der Waals surface area contributed by atoms with Crippen molar-refractivity contribution in [3.63, 3.8) is 0 Å². The summed E-state index contributed by atoms with van der Waals surface area (Å²) in [5.74, 6) is 1.26. The summed E-state index contributed by atoms with van der Waals surface area (Å²) >= 11 is 0. The van der Waals surface area contributed by atoms with Crippen molar-refractivity contribution in [1.29, 1.82) is 0 Å². The molecule has 0 radical (unpaired) electrons. The Kier molecular flexibility index (Phi) is 6.12. The zero-order valence-corrected chi connectivity index (χ0v) is 21.5. The third kappa shape index (κ3) is 4.51. The van der Waals surface area contributed by atoms with Gasteiger partial charge in [-0.2, -0.15) is 0 Å². The van der Waals surface area contributed by atoms with Crippen LogP contribution in [0.2, 0.25) is 0 Å². The fraction of sp³-hybridized carbons (Fsp3) is 0.214. The van der Waals surface area contributed by atoms with Gasteiger partial charge in [0.1, 0.15) is 18.4 Å². The molecule has 0 saturated carbocycles. The van der Waals surface area contributed by atoms with E-state index in [0.29, 0.717) is 34.1 Å². The van der Waals surface area contributed by atoms with E-state index in [1.165, 1.54) is 6.33 Å². The molecule has 0 saturated heterocycles. The highest BCUT2D eigenvalue weighted by Gasteiger charge is 2.18. The fourth-order valence-corrected chi connectivity index (χ4v) is 4.34. The summed E-state index contributed by atoms with van der Waals surface area (Å²) in [5, 5.41) is 10.8. The van der Waals surface area contributed by atoms with E-state index in [0.717, 1.165) is 22.0 Å². The van der Waals surface area contributed by atoms with Crippen molar-refractivity contribution < 1.29 is 9.53 Å². The quantitative estimate of drug-likeness (QED) is 0.278. The minimum atomic E-state index is -0.359. The van der Waals surface area contributed by atoms with Crippen molar-refractivity contribution >= 4 is 45.2 Å². The lowest BCUT2D eigenvalue weighted by Gasteiger charge is -2.21. The van der Waals surface area contributed by atoms with Crippen LogP contribution in [0.5, 0.6) is 5.75 Å². The van der Waals surface area contributed by atoms with Crippen molar-refractivity contribution in [2.75, 3.05) is 30.1 Å². The molecule has 0 bridgehead atoms. The Morgan fingerprint density at radius 1 is 0.919 bits per heavy atom. The number of methoxy groups -OCH3 is 1. The van der Waals surface area contributed by atoms with Crippen molar-refractivity contribution in [3.8, 4) is 11.4 Å². The summed E-state index contributed by atoms with van der Waals surface area (Å²) in [5.41, 5.74) is 4.58. The van der Waals surface area contributed by atoms with Crippen molar-refractivity contribution in [1.82, 2.24) is 19.5 Å². The Bertz CT molecular complexity index is 1620. The molecule has 2 aromatic heterocycles. The van der Waals surface area contributed by atoms with Gasteiger partial charge in [0.05, 0.1) is 24.2 Å². The largest absolute Gasteiger partial charge is 0.495 e. The third-order valence-electron chi connectivity index (χ3n) is 6.29. The maximum absolute atomic E-state index is 13.1. The van der Waals surface area contributed by atoms with Gasteiger partial charge < -0.3 is 20.7 Å². The summed E-state index contributed by atoms with van der Waals surface area (Å²) < 4.78 is 7.40. The fourth-order valence-electron chi connectivity index (χ4n) is 4.34. The predicted octanol–water partition coefficient (Wildman–Crippen LogP) is 5.96. The third-order valence-corrected chi connectivity index (χ3v) is 6.29. The number of hydrogen-bond donors (Lipinski definition) is 3. The number of nitrogens with one attached hydrogen (secondary N) is 3. The Balaban J connectivity index is 1.49. The van der Waals surface area contributed by atoms with Crippen molar-refractivity contribution in [3.05, 3.63) is 72.8 Å². The van der Waals surface area contributed by atoms with Gasteiger partial charge in [0, 0.05) is 17.8 Å². The van der Waals surface area contributed by atoms with Gasteiger partial charge in [-0.1, -0.05) is 51.1 Å². The molecule has 188 valence electrons. The van der Waals surface area contributed by atoms with Crippen LogP contribution in [0.15, 0.2) is 67.3 Å². The van der Waals surface area contributed by atoms with Crippen LogP contribution in [0.3, 0.4) is 0 Å². The first-order valence-electron chi connectivity index (χ1n) is 11.9. The summed E-state index contributed by atoms with van der Waals surface area (Å²) in [6.07, 6.45) is 3.24. The smallest absolute Gasteiger partial charge is 0.323 e. The van der Waals surface area contributed by atoms with Gasteiger partial charge >= 0.3 is 6.03 Å². The molecule has 37 heavy (non-hydrogen) atoms. The molecule has 0 atom stereocenters. The molecule has 2 amide bonds. The number of urea groups is 1. The number of amides is 2. The number of hydrogen-bond acceptors (Lipinski definition) is 6. The molecular formula is C28H29N7O2. The maximum atomic E-state index is 13.1. The first kappa shape index (κ1) is 24.1. The SMILES string of the molecule is CNc1ncnc2c1ncn2-c1ccc(NC(=O)Nc2cc(C(C)(C)C)ccc2OC)c2ccccc12. The van der Waals surface area contributed by atoms with Crippen LogP contribution in [-0.2, 0) is 5.41 Å². The Labute approximate surface area is 214 Å². The second-order valence-electron chi connectivity index (χ2n) is 9.68. The number of aromatic nitrogens is 4. The van der Waals surface area contributed by atoms with E-state index in [1.807, 2.05) is 59.2 Å². The molecular weight excluding hydrogens is 466 g/mol. The van der Waals surface area contributed by atoms with Gasteiger partial charge in [0.15, 0.2) is 17.0 Å². The highest BCUT2D eigenvalue weighted by atomic mass is 16.5. The monoisotopic (exact) mass is 495 g/mol. The number of benzene rings is 3. The average molecular weight is 496 g/mol. The normalized spacial score (nSPS) is 11.5. The van der Waals surface area contributed by atoms with E-state index in [1.54, 1.807) is 20.5 Å². The molecule has 0 spiro atoms. The van der Waals surface area contributed by atoms with Crippen LogP contribution < -0.4 is 20.7 Å². The number of fused-ring (bicyclic) bond motifs is 2. The lowest BCUT2D eigenvalue weighted by Crippen LogP contribution is -2.21. The van der Waals surface area contributed by atoms with E-state index < -0.39 is 0 Å². The van der Waals surface area contributed by atoms with Crippen LogP contribution >= 0.6 is 0 Å². The summed E-state index contributed by atoms with van der Waals surface area (Å²) in [6, 6.07) is 17.2. The predicted molar refractivity (Wildman–Crippen MR) is 148 cm³/mol. The van der Waals surface area contributed by atoms with E-state index in [9.17, 15) is 4.79 Å². The second-order valence-corrected chi connectivity index (χ2v) is 9.68. The minimum Gasteiger partial charge on any atom is -0.495 e.